The van der Waals surface area contributed by atoms with Crippen molar-refractivity contribution in [3.8, 4) is 5.75 Å². The molecule has 3 heteroatoms. The molecule has 0 N–H and O–H groups in total. The Morgan fingerprint density at radius 3 is 2.29 bits per heavy atom. The quantitative estimate of drug-likeness (QED) is 0.596. The van der Waals surface area contributed by atoms with Gasteiger partial charge >= 0.3 is 5.97 Å². The van der Waals surface area contributed by atoms with Gasteiger partial charge in [0.2, 0.25) is 0 Å². The Labute approximate surface area is 102 Å². The minimum atomic E-state index is -0.552. The lowest BCUT2D eigenvalue weighted by atomic mass is 9.97. The Morgan fingerprint density at radius 2 is 1.76 bits per heavy atom. The number of hydrogen-bond acceptors (Lipinski definition) is 3. The van der Waals surface area contributed by atoms with Crippen LogP contribution in [0.25, 0.3) is 0 Å². The van der Waals surface area contributed by atoms with Crippen LogP contribution < -0.4 is 4.74 Å². The number of carbonyl (C=O) groups is 2. The summed E-state index contributed by atoms with van der Waals surface area (Å²) in [5.74, 6) is 0.223. The van der Waals surface area contributed by atoms with E-state index in [-0.39, 0.29) is 18.2 Å². The van der Waals surface area contributed by atoms with Crippen LogP contribution in [0, 0.1) is 5.41 Å². The molecule has 0 unspecified atom stereocenters. The Balaban J connectivity index is 2.91. The van der Waals surface area contributed by atoms with E-state index in [9.17, 15) is 9.59 Å². The van der Waals surface area contributed by atoms with E-state index in [0.717, 1.165) is 5.56 Å². The summed E-state index contributed by atoms with van der Waals surface area (Å²) in [4.78, 5) is 22.9. The van der Waals surface area contributed by atoms with Crippen molar-refractivity contribution in [1.29, 1.82) is 0 Å². The van der Waals surface area contributed by atoms with Crippen LogP contribution in [0.3, 0.4) is 0 Å². The molecule has 17 heavy (non-hydrogen) atoms. The monoisotopic (exact) mass is 234 g/mol. The lowest BCUT2D eigenvalue weighted by molar-refractivity contribution is -0.143. The van der Waals surface area contributed by atoms with Gasteiger partial charge in [0.25, 0.3) is 0 Å². The van der Waals surface area contributed by atoms with E-state index in [1.165, 1.54) is 6.92 Å². The first-order valence-electron chi connectivity index (χ1n) is 5.60. The molecule has 0 aliphatic rings. The molecule has 0 saturated heterocycles. The Bertz CT molecular complexity index is 427. The van der Waals surface area contributed by atoms with Crippen molar-refractivity contribution in [2.75, 3.05) is 0 Å². The van der Waals surface area contributed by atoms with E-state index < -0.39 is 5.41 Å². The predicted octanol–water partition coefficient (Wildman–Crippen LogP) is 2.77. The molecule has 0 spiro atoms. The number of Topliss-reactive ketones (excluding diaryl/α,β-unsaturated/α-hetero) is 1. The Kier molecular flexibility index (Phi) is 4.05. The second kappa shape index (κ2) is 5.13. The molecule has 0 atom stereocenters. The van der Waals surface area contributed by atoms with Gasteiger partial charge in [-0.1, -0.05) is 18.2 Å². The van der Waals surface area contributed by atoms with Crippen LogP contribution >= 0.6 is 0 Å². The van der Waals surface area contributed by atoms with Gasteiger partial charge in [-0.15, -0.1) is 0 Å². The molecule has 0 fully saturated rings. The van der Waals surface area contributed by atoms with Gasteiger partial charge in [0.15, 0.2) is 0 Å². The van der Waals surface area contributed by atoms with Crippen molar-refractivity contribution in [3.05, 3.63) is 29.8 Å². The molecule has 0 bridgehead atoms. The highest BCUT2D eigenvalue weighted by Gasteiger charge is 2.24. The third-order valence-electron chi connectivity index (χ3n) is 2.23. The van der Waals surface area contributed by atoms with Gasteiger partial charge in [-0.2, -0.15) is 0 Å². The van der Waals surface area contributed by atoms with Crippen molar-refractivity contribution < 1.29 is 14.3 Å². The number of benzene rings is 1. The summed E-state index contributed by atoms with van der Waals surface area (Å²) in [5.41, 5.74) is 0.196. The highest BCUT2D eigenvalue weighted by molar-refractivity contribution is 5.81. The molecule has 0 amide bonds. The van der Waals surface area contributed by atoms with Gasteiger partial charge in [-0.25, -0.2) is 0 Å². The molecule has 1 aromatic carbocycles. The minimum absolute atomic E-state index is 0.0456. The Hall–Kier alpha value is -1.64. The molecule has 1 aromatic rings. The summed E-state index contributed by atoms with van der Waals surface area (Å²) >= 11 is 0. The third-order valence-corrected chi connectivity index (χ3v) is 2.23. The zero-order valence-corrected chi connectivity index (χ0v) is 10.7. The maximum Gasteiger partial charge on any atom is 0.316 e. The van der Waals surface area contributed by atoms with Crippen LogP contribution in [-0.2, 0) is 16.0 Å². The molecule has 0 aliphatic carbocycles. The van der Waals surface area contributed by atoms with Crippen molar-refractivity contribution in [2.45, 2.75) is 34.1 Å². The highest BCUT2D eigenvalue weighted by Crippen LogP contribution is 2.23. The number of ketones is 1. The Morgan fingerprint density at radius 1 is 1.18 bits per heavy atom. The van der Waals surface area contributed by atoms with Gasteiger partial charge < -0.3 is 4.74 Å². The van der Waals surface area contributed by atoms with Crippen molar-refractivity contribution >= 4 is 11.8 Å². The van der Waals surface area contributed by atoms with Gasteiger partial charge in [0.05, 0.1) is 5.41 Å². The van der Waals surface area contributed by atoms with E-state index in [1.54, 1.807) is 39.0 Å². The first kappa shape index (κ1) is 13.4. The van der Waals surface area contributed by atoms with Gasteiger partial charge in [-0.05, 0) is 33.8 Å². The molecule has 0 saturated carbocycles. The maximum atomic E-state index is 11.8. The fourth-order valence-electron chi connectivity index (χ4n) is 1.27. The normalized spacial score (nSPS) is 11.1. The van der Waals surface area contributed by atoms with Gasteiger partial charge in [0, 0.05) is 12.0 Å². The first-order valence-corrected chi connectivity index (χ1v) is 5.60. The van der Waals surface area contributed by atoms with E-state index in [2.05, 4.69) is 0 Å². The molecule has 0 heterocycles. The highest BCUT2D eigenvalue weighted by atomic mass is 16.5. The molecule has 0 aliphatic heterocycles. The largest absolute Gasteiger partial charge is 0.426 e. The predicted molar refractivity (Wildman–Crippen MR) is 65.9 cm³/mol. The number of para-hydroxylation sites is 1. The van der Waals surface area contributed by atoms with Crippen molar-refractivity contribution in [2.24, 2.45) is 5.41 Å². The molecule has 0 aromatic heterocycles. The standard InChI is InChI=1S/C14H18O3/c1-10(15)9-11-7-5-6-8-12(11)17-13(16)14(2,3)4/h5-8H,9H2,1-4H3. The summed E-state index contributed by atoms with van der Waals surface area (Å²) in [5, 5.41) is 0. The van der Waals surface area contributed by atoms with Crippen LogP contribution in [0.5, 0.6) is 5.75 Å². The first-order chi connectivity index (χ1) is 7.80. The zero-order valence-electron chi connectivity index (χ0n) is 10.7. The SMILES string of the molecule is CC(=O)Cc1ccccc1OC(=O)C(C)(C)C. The molecular weight excluding hydrogens is 216 g/mol. The second-order valence-electron chi connectivity index (χ2n) is 5.13. The summed E-state index contributed by atoms with van der Waals surface area (Å²) in [7, 11) is 0. The molecule has 0 radical (unpaired) electrons. The van der Waals surface area contributed by atoms with Crippen LogP contribution in [0.4, 0.5) is 0 Å². The van der Waals surface area contributed by atoms with Crippen LogP contribution in [0.1, 0.15) is 33.3 Å². The van der Waals surface area contributed by atoms with Crippen molar-refractivity contribution in [3.63, 3.8) is 0 Å². The minimum Gasteiger partial charge on any atom is -0.426 e. The number of ether oxygens (including phenoxy) is 1. The lowest BCUT2D eigenvalue weighted by Crippen LogP contribution is -2.26. The summed E-state index contributed by atoms with van der Waals surface area (Å²) in [6.45, 7) is 6.90. The second-order valence-corrected chi connectivity index (χ2v) is 5.13. The molecular formula is C14H18O3. The van der Waals surface area contributed by atoms with Crippen LogP contribution in [0.2, 0.25) is 0 Å². The van der Waals surface area contributed by atoms with E-state index in [1.807, 2.05) is 6.07 Å². The lowest BCUT2D eigenvalue weighted by Gasteiger charge is -2.17. The maximum absolute atomic E-state index is 11.8. The van der Waals surface area contributed by atoms with E-state index in [0.29, 0.717) is 5.75 Å². The average molecular weight is 234 g/mol. The molecule has 92 valence electrons. The summed E-state index contributed by atoms with van der Waals surface area (Å²) < 4.78 is 5.32. The number of carbonyl (C=O) groups excluding carboxylic acids is 2. The van der Waals surface area contributed by atoms with E-state index >= 15 is 0 Å². The topological polar surface area (TPSA) is 43.4 Å². The molecule has 3 nitrogen and oxygen atoms in total. The van der Waals surface area contributed by atoms with Gasteiger partial charge in [-0.3, -0.25) is 9.59 Å². The van der Waals surface area contributed by atoms with Crippen LogP contribution in [-0.4, -0.2) is 11.8 Å². The number of hydrogen-bond donors (Lipinski definition) is 0. The summed E-state index contributed by atoms with van der Waals surface area (Å²) in [6.07, 6.45) is 0.285. The van der Waals surface area contributed by atoms with Gasteiger partial charge in [0.1, 0.15) is 11.5 Å². The summed E-state index contributed by atoms with van der Waals surface area (Å²) in [6, 6.07) is 7.12. The fraction of sp³-hybridized carbons (Fsp3) is 0.429. The van der Waals surface area contributed by atoms with Crippen molar-refractivity contribution in [1.82, 2.24) is 0 Å². The number of esters is 1. The number of rotatable bonds is 3. The van der Waals surface area contributed by atoms with Crippen LogP contribution in [0.15, 0.2) is 24.3 Å². The third kappa shape index (κ3) is 4.02. The van der Waals surface area contributed by atoms with E-state index in [4.69, 9.17) is 4.74 Å². The average Bonchev–Trinajstić information content (AvgIpc) is 2.18. The smallest absolute Gasteiger partial charge is 0.316 e. The fourth-order valence-corrected chi connectivity index (χ4v) is 1.27. The molecule has 1 rings (SSSR count). The zero-order chi connectivity index (χ0) is 13.1.